The molecule has 2 aromatic rings. The standard InChI is InChI=1S/C19H27N3O2S/c1-5-24-14-7-6-8-15-16(14)21-18(25-15)22-11-9-13(10-12-22)20-17(23)19(2,3)4/h6-8,13H,5,9-12H2,1-4H3,(H,20,23). The van der Waals surface area contributed by atoms with Crippen LogP contribution in [0.5, 0.6) is 5.75 Å². The van der Waals surface area contributed by atoms with Gasteiger partial charge in [0.2, 0.25) is 5.91 Å². The number of aromatic nitrogens is 1. The van der Waals surface area contributed by atoms with E-state index in [1.165, 1.54) is 0 Å². The molecule has 1 amide bonds. The summed E-state index contributed by atoms with van der Waals surface area (Å²) in [5.74, 6) is 0.988. The van der Waals surface area contributed by atoms with Gasteiger partial charge in [-0.3, -0.25) is 4.79 Å². The zero-order valence-corrected chi connectivity index (χ0v) is 16.3. The number of nitrogens with one attached hydrogen (secondary N) is 1. The number of anilines is 1. The van der Waals surface area contributed by atoms with Gasteiger partial charge in [0.1, 0.15) is 11.3 Å². The van der Waals surface area contributed by atoms with Crippen molar-refractivity contribution in [3.63, 3.8) is 0 Å². The molecule has 1 saturated heterocycles. The molecule has 3 rings (SSSR count). The van der Waals surface area contributed by atoms with Crippen molar-refractivity contribution < 1.29 is 9.53 Å². The van der Waals surface area contributed by atoms with Gasteiger partial charge in [0.15, 0.2) is 5.13 Å². The van der Waals surface area contributed by atoms with Crippen LogP contribution in [0.1, 0.15) is 40.5 Å². The third-order valence-corrected chi connectivity index (χ3v) is 5.53. The van der Waals surface area contributed by atoms with E-state index in [1.54, 1.807) is 11.3 Å². The molecule has 6 heteroatoms. The lowest BCUT2D eigenvalue weighted by Crippen LogP contribution is -2.47. The van der Waals surface area contributed by atoms with Gasteiger partial charge in [0.25, 0.3) is 0 Å². The third-order valence-electron chi connectivity index (χ3n) is 4.45. The molecule has 1 aromatic heterocycles. The fourth-order valence-electron chi connectivity index (χ4n) is 2.94. The van der Waals surface area contributed by atoms with Crippen molar-refractivity contribution >= 4 is 32.6 Å². The number of thiazole rings is 1. The van der Waals surface area contributed by atoms with Crippen molar-refractivity contribution in [3.05, 3.63) is 18.2 Å². The molecule has 1 N–H and O–H groups in total. The van der Waals surface area contributed by atoms with Crippen LogP contribution in [0, 0.1) is 5.41 Å². The summed E-state index contributed by atoms with van der Waals surface area (Å²) in [4.78, 5) is 19.3. The highest BCUT2D eigenvalue weighted by Gasteiger charge is 2.27. The number of hydrogen-bond acceptors (Lipinski definition) is 5. The monoisotopic (exact) mass is 361 g/mol. The smallest absolute Gasteiger partial charge is 0.225 e. The maximum atomic E-state index is 12.2. The fraction of sp³-hybridized carbons (Fsp3) is 0.579. The topological polar surface area (TPSA) is 54.5 Å². The first-order chi connectivity index (χ1) is 11.9. The summed E-state index contributed by atoms with van der Waals surface area (Å²) < 4.78 is 6.85. The minimum Gasteiger partial charge on any atom is -0.492 e. The summed E-state index contributed by atoms with van der Waals surface area (Å²) in [5, 5.41) is 4.22. The molecule has 1 aliphatic rings. The van der Waals surface area contributed by atoms with Gasteiger partial charge >= 0.3 is 0 Å². The highest BCUT2D eigenvalue weighted by molar-refractivity contribution is 7.22. The Labute approximate surface area is 153 Å². The van der Waals surface area contributed by atoms with E-state index in [0.717, 1.165) is 47.0 Å². The number of carbonyl (C=O) groups is 1. The summed E-state index contributed by atoms with van der Waals surface area (Å²) in [6.45, 7) is 10.3. The van der Waals surface area contributed by atoms with E-state index in [4.69, 9.17) is 9.72 Å². The number of amides is 1. The number of ether oxygens (including phenoxy) is 1. The van der Waals surface area contributed by atoms with Crippen LogP contribution in [-0.4, -0.2) is 36.6 Å². The molecule has 0 aliphatic carbocycles. The highest BCUT2D eigenvalue weighted by atomic mass is 32.1. The molecular weight excluding hydrogens is 334 g/mol. The molecule has 0 bridgehead atoms. The Morgan fingerprint density at radius 2 is 2.08 bits per heavy atom. The van der Waals surface area contributed by atoms with Gasteiger partial charge in [-0.05, 0) is 31.9 Å². The van der Waals surface area contributed by atoms with E-state index >= 15 is 0 Å². The first-order valence-corrected chi connectivity index (χ1v) is 9.78. The van der Waals surface area contributed by atoms with Crippen molar-refractivity contribution in [1.82, 2.24) is 10.3 Å². The van der Waals surface area contributed by atoms with Gasteiger partial charge in [-0.25, -0.2) is 4.98 Å². The lowest BCUT2D eigenvalue weighted by Gasteiger charge is -2.33. The number of carbonyl (C=O) groups excluding carboxylic acids is 1. The molecule has 0 spiro atoms. The first-order valence-electron chi connectivity index (χ1n) is 8.96. The van der Waals surface area contributed by atoms with E-state index in [9.17, 15) is 4.79 Å². The summed E-state index contributed by atoms with van der Waals surface area (Å²) in [6.07, 6.45) is 1.91. The molecule has 0 radical (unpaired) electrons. The highest BCUT2D eigenvalue weighted by Crippen LogP contribution is 2.35. The van der Waals surface area contributed by atoms with Crippen LogP contribution in [0.25, 0.3) is 10.2 Å². The molecule has 0 atom stereocenters. The summed E-state index contributed by atoms with van der Waals surface area (Å²) in [7, 11) is 0. The minimum atomic E-state index is -0.333. The molecule has 0 saturated carbocycles. The van der Waals surface area contributed by atoms with Gasteiger partial charge in [0.05, 0.1) is 11.3 Å². The van der Waals surface area contributed by atoms with Gasteiger partial charge < -0.3 is 15.0 Å². The average Bonchev–Trinajstić information content (AvgIpc) is 3.00. The van der Waals surface area contributed by atoms with Crippen molar-refractivity contribution in [1.29, 1.82) is 0 Å². The SMILES string of the molecule is CCOc1cccc2sc(N3CCC(NC(=O)C(C)(C)C)CC3)nc12. The lowest BCUT2D eigenvalue weighted by molar-refractivity contribution is -0.129. The van der Waals surface area contributed by atoms with Crippen molar-refractivity contribution in [2.24, 2.45) is 5.41 Å². The fourth-order valence-corrected chi connectivity index (χ4v) is 3.97. The van der Waals surface area contributed by atoms with E-state index in [1.807, 2.05) is 39.8 Å². The van der Waals surface area contributed by atoms with E-state index < -0.39 is 0 Å². The Kier molecular flexibility index (Phi) is 5.18. The van der Waals surface area contributed by atoms with Crippen LogP contribution >= 0.6 is 11.3 Å². The predicted octanol–water partition coefficient (Wildman–Crippen LogP) is 3.83. The molecule has 1 aromatic carbocycles. The van der Waals surface area contributed by atoms with Gasteiger partial charge in [-0.1, -0.05) is 38.2 Å². The largest absolute Gasteiger partial charge is 0.492 e. The number of hydrogen-bond donors (Lipinski definition) is 1. The Morgan fingerprint density at radius 3 is 2.72 bits per heavy atom. The predicted molar refractivity (Wildman–Crippen MR) is 104 cm³/mol. The van der Waals surface area contributed by atoms with E-state index in [0.29, 0.717) is 6.61 Å². The number of rotatable bonds is 4. The molecule has 25 heavy (non-hydrogen) atoms. The molecule has 5 nitrogen and oxygen atoms in total. The maximum Gasteiger partial charge on any atom is 0.225 e. The second kappa shape index (κ2) is 7.20. The molecular formula is C19H27N3O2S. The van der Waals surface area contributed by atoms with Gasteiger partial charge in [-0.15, -0.1) is 0 Å². The number of fused-ring (bicyclic) bond motifs is 1. The van der Waals surface area contributed by atoms with Crippen LogP contribution in [0.3, 0.4) is 0 Å². The van der Waals surface area contributed by atoms with E-state index in [-0.39, 0.29) is 17.4 Å². The maximum absolute atomic E-state index is 12.2. The molecule has 1 fully saturated rings. The second-order valence-electron chi connectivity index (χ2n) is 7.52. The number of benzene rings is 1. The van der Waals surface area contributed by atoms with Crippen molar-refractivity contribution in [2.75, 3.05) is 24.6 Å². The van der Waals surface area contributed by atoms with Crippen LogP contribution < -0.4 is 15.0 Å². The number of piperidine rings is 1. The van der Waals surface area contributed by atoms with Crippen molar-refractivity contribution in [3.8, 4) is 5.75 Å². The Bertz CT molecular complexity index is 743. The van der Waals surface area contributed by atoms with Gasteiger partial charge in [0, 0.05) is 24.5 Å². The second-order valence-corrected chi connectivity index (χ2v) is 8.53. The van der Waals surface area contributed by atoms with Gasteiger partial charge in [-0.2, -0.15) is 0 Å². The normalized spacial score (nSPS) is 16.2. The Balaban J connectivity index is 1.66. The Morgan fingerprint density at radius 1 is 1.36 bits per heavy atom. The molecule has 0 unspecified atom stereocenters. The molecule has 1 aliphatic heterocycles. The quantitative estimate of drug-likeness (QED) is 0.899. The number of para-hydroxylation sites is 1. The average molecular weight is 362 g/mol. The summed E-state index contributed by atoms with van der Waals surface area (Å²) >= 11 is 1.71. The lowest BCUT2D eigenvalue weighted by atomic mass is 9.94. The molecule has 2 heterocycles. The first kappa shape index (κ1) is 18.0. The Hall–Kier alpha value is -1.82. The number of nitrogens with zero attached hydrogens (tertiary/aromatic N) is 2. The van der Waals surface area contributed by atoms with Crippen LogP contribution in [-0.2, 0) is 4.79 Å². The van der Waals surface area contributed by atoms with Crippen LogP contribution in [0.2, 0.25) is 0 Å². The summed E-state index contributed by atoms with van der Waals surface area (Å²) in [6, 6.07) is 6.35. The zero-order valence-electron chi connectivity index (χ0n) is 15.5. The van der Waals surface area contributed by atoms with Crippen molar-refractivity contribution in [2.45, 2.75) is 46.6 Å². The summed E-state index contributed by atoms with van der Waals surface area (Å²) in [5.41, 5.74) is 0.618. The van der Waals surface area contributed by atoms with E-state index in [2.05, 4.69) is 16.3 Å². The van der Waals surface area contributed by atoms with Crippen LogP contribution in [0.4, 0.5) is 5.13 Å². The molecule has 136 valence electrons. The zero-order chi connectivity index (χ0) is 18.0. The minimum absolute atomic E-state index is 0.132. The van der Waals surface area contributed by atoms with Crippen LogP contribution in [0.15, 0.2) is 18.2 Å². The third kappa shape index (κ3) is 4.06.